The summed E-state index contributed by atoms with van der Waals surface area (Å²) in [6, 6.07) is 12.1. The second-order valence-electron chi connectivity index (χ2n) is 10.5. The first-order chi connectivity index (χ1) is 17.1. The second-order valence-corrected chi connectivity index (χ2v) is 16.1. The Labute approximate surface area is 212 Å². The van der Waals surface area contributed by atoms with Gasteiger partial charge in [-0.3, -0.25) is 9.47 Å². The molecule has 8 nitrogen and oxygen atoms in total. The highest BCUT2D eigenvalue weighted by Crippen LogP contribution is 2.44. The lowest BCUT2D eigenvalue weighted by molar-refractivity contribution is -0.0485. The van der Waals surface area contributed by atoms with Gasteiger partial charge >= 0.3 is 6.09 Å². The summed E-state index contributed by atoms with van der Waals surface area (Å²) >= 11 is 0. The van der Waals surface area contributed by atoms with Gasteiger partial charge in [0.05, 0.1) is 36.9 Å². The van der Waals surface area contributed by atoms with Crippen molar-refractivity contribution in [1.82, 2.24) is 9.47 Å². The summed E-state index contributed by atoms with van der Waals surface area (Å²) in [6.45, 7) is 10.2. The molecule has 0 amide bonds. The van der Waals surface area contributed by atoms with Crippen molar-refractivity contribution in [2.45, 2.75) is 51.4 Å². The minimum Gasteiger partial charge on any atom is -0.496 e. The van der Waals surface area contributed by atoms with Gasteiger partial charge in [-0.1, -0.05) is 25.7 Å². The fourth-order valence-corrected chi connectivity index (χ4v) is 5.68. The molecule has 3 aromatic rings. The first-order valence-corrected chi connectivity index (χ1v) is 15.7. The molecule has 36 heavy (non-hydrogen) atoms. The highest BCUT2D eigenvalue weighted by Gasteiger charge is 2.37. The van der Waals surface area contributed by atoms with Crippen LogP contribution in [0.1, 0.15) is 40.1 Å². The maximum atomic E-state index is 11.8. The lowest BCUT2D eigenvalue weighted by Gasteiger charge is -2.31. The van der Waals surface area contributed by atoms with E-state index in [1.807, 2.05) is 24.0 Å². The summed E-state index contributed by atoms with van der Waals surface area (Å²) < 4.78 is 12.9. The minimum absolute atomic E-state index is 0.230. The molecule has 0 aliphatic carbocycles. The van der Waals surface area contributed by atoms with Crippen LogP contribution in [0.2, 0.25) is 25.7 Å². The summed E-state index contributed by atoms with van der Waals surface area (Å²) in [4.78, 5) is 13.8. The summed E-state index contributed by atoms with van der Waals surface area (Å²) in [5.74, 6) is 0.489. The van der Waals surface area contributed by atoms with E-state index in [1.54, 1.807) is 25.3 Å². The summed E-state index contributed by atoms with van der Waals surface area (Å²) in [6.07, 6.45) is -0.689. The van der Waals surface area contributed by atoms with Crippen LogP contribution >= 0.6 is 0 Å². The number of aromatic nitrogens is 1. The third-order valence-corrected chi connectivity index (χ3v) is 8.52. The molecule has 2 atom stereocenters. The van der Waals surface area contributed by atoms with Gasteiger partial charge in [-0.05, 0) is 53.9 Å². The number of benzene rings is 2. The fourth-order valence-electron chi connectivity index (χ4n) is 4.93. The Morgan fingerprint density at radius 1 is 1.28 bits per heavy atom. The molecular weight excluding hydrogens is 474 g/mol. The number of aliphatic hydroxyl groups excluding tert-OH is 1. The van der Waals surface area contributed by atoms with E-state index in [0.717, 1.165) is 27.3 Å². The average Bonchev–Trinajstić information content (AvgIpc) is 3.42. The van der Waals surface area contributed by atoms with Crippen molar-refractivity contribution in [2.75, 3.05) is 20.3 Å². The van der Waals surface area contributed by atoms with Crippen molar-refractivity contribution in [3.05, 3.63) is 64.3 Å². The Hall–Kier alpha value is -3.16. The number of hydrogen-bond acceptors (Lipinski definition) is 6. The Morgan fingerprint density at radius 2 is 2.03 bits per heavy atom. The van der Waals surface area contributed by atoms with Crippen LogP contribution in [-0.4, -0.2) is 54.2 Å². The molecular formula is C27H33N3O5Si. The average molecular weight is 508 g/mol. The number of rotatable bonds is 8. The second kappa shape index (κ2) is 10.1. The molecule has 2 N–H and O–H groups in total. The topological polar surface area (TPSA) is 108 Å². The number of nitriles is 1. The van der Waals surface area contributed by atoms with E-state index < -0.39 is 20.4 Å². The Morgan fingerprint density at radius 3 is 2.67 bits per heavy atom. The molecule has 0 bridgehead atoms. The van der Waals surface area contributed by atoms with Crippen LogP contribution in [0.3, 0.4) is 0 Å². The summed E-state index contributed by atoms with van der Waals surface area (Å²) in [5, 5.41) is 31.5. The van der Waals surface area contributed by atoms with Crippen LogP contribution in [0.4, 0.5) is 4.79 Å². The first-order valence-electron chi connectivity index (χ1n) is 12.0. The normalized spacial score (nSPS) is 16.6. The van der Waals surface area contributed by atoms with E-state index in [1.165, 1.54) is 6.20 Å². The van der Waals surface area contributed by atoms with Gasteiger partial charge in [0.1, 0.15) is 12.0 Å². The fraction of sp³-hybridized carbons (Fsp3) is 0.407. The zero-order chi connectivity index (χ0) is 26.2. The van der Waals surface area contributed by atoms with Crippen molar-refractivity contribution in [2.24, 2.45) is 0 Å². The Bertz CT molecular complexity index is 1340. The van der Waals surface area contributed by atoms with Gasteiger partial charge in [0, 0.05) is 38.4 Å². The molecule has 0 fully saturated rings. The zero-order valence-corrected chi connectivity index (χ0v) is 22.4. The summed E-state index contributed by atoms with van der Waals surface area (Å²) in [5.41, 5.74) is 4.32. The molecule has 4 rings (SSSR count). The maximum Gasteiger partial charge on any atom is 0.416 e. The monoisotopic (exact) mass is 507 g/mol. The Balaban J connectivity index is 1.75. The standard InChI is InChI=1S/C27H33N3O5Si/c1-17-12-23(34-2)24(21-8-9-29(25(17)21)27(32)33)26(31)30-15-19-13-18(14-28)6-7-20(19)22(30)16-35-10-11-36(3,4)5/h6-9,12-13,22,26,31H,10-11,15-16H2,1-5H3,(H,32,33). The van der Waals surface area contributed by atoms with E-state index in [0.29, 0.717) is 47.5 Å². The van der Waals surface area contributed by atoms with Crippen molar-refractivity contribution < 1.29 is 24.5 Å². The third kappa shape index (κ3) is 4.90. The van der Waals surface area contributed by atoms with Gasteiger partial charge in [0.25, 0.3) is 0 Å². The number of nitrogens with zero attached hydrogens (tertiary/aromatic N) is 3. The number of fused-ring (bicyclic) bond motifs is 2. The first kappa shape index (κ1) is 25.9. The quantitative estimate of drug-likeness (QED) is 0.316. The van der Waals surface area contributed by atoms with Crippen molar-refractivity contribution in [3.63, 3.8) is 0 Å². The maximum absolute atomic E-state index is 11.8. The lowest BCUT2D eigenvalue weighted by atomic mass is 10.0. The van der Waals surface area contributed by atoms with Crippen LogP contribution in [0, 0.1) is 18.3 Å². The molecule has 0 saturated carbocycles. The van der Waals surface area contributed by atoms with E-state index in [2.05, 4.69) is 25.7 Å². The molecule has 0 saturated heterocycles. The molecule has 1 aliphatic heterocycles. The molecule has 2 aromatic carbocycles. The van der Waals surface area contributed by atoms with E-state index >= 15 is 0 Å². The van der Waals surface area contributed by atoms with Crippen LogP contribution < -0.4 is 4.74 Å². The number of carbonyl (C=O) groups is 1. The predicted octanol–water partition coefficient (Wildman–Crippen LogP) is 5.26. The molecule has 1 aliphatic rings. The van der Waals surface area contributed by atoms with Crippen LogP contribution in [0.15, 0.2) is 36.5 Å². The van der Waals surface area contributed by atoms with Gasteiger partial charge in [0.15, 0.2) is 0 Å². The Kier molecular flexibility index (Phi) is 7.25. The predicted molar refractivity (Wildman–Crippen MR) is 140 cm³/mol. The van der Waals surface area contributed by atoms with Gasteiger partial charge in [-0.15, -0.1) is 0 Å². The van der Waals surface area contributed by atoms with Crippen LogP contribution in [-0.2, 0) is 11.3 Å². The van der Waals surface area contributed by atoms with Crippen molar-refractivity contribution >= 4 is 25.1 Å². The SMILES string of the molecule is COc1cc(C)c2c(ccn2C(=O)O)c1C(O)N1Cc2cc(C#N)ccc2C1COCC[Si](C)(C)C. The van der Waals surface area contributed by atoms with Gasteiger partial charge in [0.2, 0.25) is 0 Å². The zero-order valence-electron chi connectivity index (χ0n) is 21.4. The highest BCUT2D eigenvalue weighted by molar-refractivity contribution is 6.76. The number of aryl methyl sites for hydroxylation is 1. The summed E-state index contributed by atoms with van der Waals surface area (Å²) in [7, 11) is 0.286. The largest absolute Gasteiger partial charge is 0.496 e. The molecule has 0 spiro atoms. The molecule has 190 valence electrons. The molecule has 2 unspecified atom stereocenters. The van der Waals surface area contributed by atoms with Crippen LogP contribution in [0.5, 0.6) is 5.75 Å². The smallest absolute Gasteiger partial charge is 0.416 e. The van der Waals surface area contributed by atoms with E-state index in [9.17, 15) is 20.3 Å². The molecule has 0 radical (unpaired) electrons. The number of aliphatic hydroxyl groups is 1. The third-order valence-electron chi connectivity index (χ3n) is 6.82. The minimum atomic E-state index is -1.26. The molecule has 9 heteroatoms. The highest BCUT2D eigenvalue weighted by atomic mass is 28.3. The molecule has 1 aromatic heterocycles. The van der Waals surface area contributed by atoms with Gasteiger partial charge < -0.3 is 19.7 Å². The van der Waals surface area contributed by atoms with E-state index in [4.69, 9.17) is 9.47 Å². The number of ether oxygens (including phenoxy) is 2. The van der Waals surface area contributed by atoms with Gasteiger partial charge in [-0.25, -0.2) is 4.79 Å². The number of hydrogen-bond donors (Lipinski definition) is 2. The van der Waals surface area contributed by atoms with Gasteiger partial charge in [-0.2, -0.15) is 5.26 Å². The van der Waals surface area contributed by atoms with E-state index in [-0.39, 0.29) is 6.04 Å². The van der Waals surface area contributed by atoms with Crippen molar-refractivity contribution in [3.8, 4) is 11.8 Å². The molecule has 2 heterocycles. The number of methoxy groups -OCH3 is 1. The lowest BCUT2D eigenvalue weighted by Crippen LogP contribution is -2.31. The number of carboxylic acid groups (broad SMARTS) is 1. The van der Waals surface area contributed by atoms with Crippen LogP contribution in [0.25, 0.3) is 10.9 Å². The van der Waals surface area contributed by atoms with Crippen molar-refractivity contribution in [1.29, 1.82) is 5.26 Å².